The average molecular weight is 448 g/mol. The number of halogens is 1. The first kappa shape index (κ1) is 17.5. The highest BCUT2D eigenvalue weighted by atomic mass is 79.9. The van der Waals surface area contributed by atoms with Crippen LogP contribution in [0.25, 0.3) is 0 Å². The van der Waals surface area contributed by atoms with E-state index in [1.807, 2.05) is 12.1 Å². The maximum Gasteiger partial charge on any atom is 0.335 e. The number of hydrogen-bond acceptors (Lipinski definition) is 2. The van der Waals surface area contributed by atoms with Crippen molar-refractivity contribution in [1.82, 2.24) is 0 Å². The second-order valence-corrected chi connectivity index (χ2v) is 9.68. The topological polar surface area (TPSA) is 40.5 Å². The van der Waals surface area contributed by atoms with Gasteiger partial charge in [0.2, 0.25) is 0 Å². The van der Waals surface area contributed by atoms with Gasteiger partial charge in [-0.2, -0.15) is 0 Å². The molecule has 2 aliphatic heterocycles. The van der Waals surface area contributed by atoms with Gasteiger partial charge in [-0.05, 0) is 65.6 Å². The third-order valence-electron chi connectivity index (χ3n) is 7.31. The van der Waals surface area contributed by atoms with Gasteiger partial charge in [-0.15, -0.1) is 0 Å². The van der Waals surface area contributed by atoms with Crippen LogP contribution >= 0.6 is 15.9 Å². The predicted octanol–water partition coefficient (Wildman–Crippen LogP) is 6.04. The zero-order valence-corrected chi connectivity index (χ0v) is 17.5. The van der Waals surface area contributed by atoms with Gasteiger partial charge in [0.15, 0.2) is 0 Å². The van der Waals surface area contributed by atoms with E-state index in [0.29, 0.717) is 29.4 Å². The van der Waals surface area contributed by atoms with E-state index in [1.54, 1.807) is 0 Å². The van der Waals surface area contributed by atoms with Crippen LogP contribution in [0.4, 0.5) is 5.69 Å². The number of hydrogen-bond donors (Lipinski definition) is 1. The third-order valence-corrected chi connectivity index (χ3v) is 7.84. The fraction of sp³-hybridized carbons (Fsp3) is 0.320. The van der Waals surface area contributed by atoms with Gasteiger partial charge in [0.05, 0.1) is 11.6 Å². The van der Waals surface area contributed by atoms with Crippen LogP contribution in [0.3, 0.4) is 0 Å². The molecular formula is C25H22BrNO2. The molecular weight excluding hydrogens is 426 g/mol. The SMILES string of the molecule is O=C(O)c1cc2c3c(c1)[C@H]1C=CC[C@@H]1[C@H](c1ccc(Br)cc1)N3C[C@H]1CC=C[C@H]21. The molecule has 0 spiro atoms. The van der Waals surface area contributed by atoms with Crippen molar-refractivity contribution in [2.75, 3.05) is 11.4 Å². The van der Waals surface area contributed by atoms with Gasteiger partial charge in [0.1, 0.15) is 0 Å². The first-order valence-electron chi connectivity index (χ1n) is 10.4. The van der Waals surface area contributed by atoms with E-state index < -0.39 is 5.97 Å². The second-order valence-electron chi connectivity index (χ2n) is 8.76. The lowest BCUT2D eigenvalue weighted by Crippen LogP contribution is -2.46. The van der Waals surface area contributed by atoms with Crippen molar-refractivity contribution >= 4 is 27.6 Å². The van der Waals surface area contributed by atoms with Crippen LogP contribution in [0.2, 0.25) is 0 Å². The molecule has 4 aliphatic rings. The zero-order chi connectivity index (χ0) is 19.7. The average Bonchev–Trinajstić information content (AvgIpc) is 3.38. The van der Waals surface area contributed by atoms with E-state index in [2.05, 4.69) is 69.4 Å². The Kier molecular flexibility index (Phi) is 3.83. The number of nitrogens with zero attached hydrogens (tertiary/aromatic N) is 1. The highest BCUT2D eigenvalue weighted by Gasteiger charge is 2.48. The molecule has 1 N–H and O–H groups in total. The van der Waals surface area contributed by atoms with E-state index in [0.717, 1.165) is 23.9 Å². The number of aromatic carboxylic acids is 1. The van der Waals surface area contributed by atoms with Crippen LogP contribution < -0.4 is 4.90 Å². The van der Waals surface area contributed by atoms with Crippen LogP contribution in [-0.2, 0) is 0 Å². The lowest BCUT2D eigenvalue weighted by atomic mass is 9.70. The Hall–Kier alpha value is -2.33. The van der Waals surface area contributed by atoms with Gasteiger partial charge in [-0.25, -0.2) is 4.79 Å². The van der Waals surface area contributed by atoms with Gasteiger partial charge in [0, 0.05) is 28.5 Å². The second kappa shape index (κ2) is 6.33. The van der Waals surface area contributed by atoms with E-state index >= 15 is 0 Å². The van der Waals surface area contributed by atoms with Crippen LogP contribution in [0.15, 0.2) is 65.2 Å². The van der Waals surface area contributed by atoms with Gasteiger partial charge in [-0.1, -0.05) is 52.4 Å². The molecule has 146 valence electrons. The molecule has 29 heavy (non-hydrogen) atoms. The molecule has 3 nitrogen and oxygen atoms in total. The van der Waals surface area contributed by atoms with Crippen LogP contribution in [-0.4, -0.2) is 17.6 Å². The Labute approximate surface area is 178 Å². The minimum atomic E-state index is -0.826. The first-order chi connectivity index (χ1) is 14.1. The van der Waals surface area contributed by atoms with Gasteiger partial charge in [0.25, 0.3) is 0 Å². The molecule has 0 saturated carbocycles. The Morgan fingerprint density at radius 1 is 1.00 bits per heavy atom. The summed E-state index contributed by atoms with van der Waals surface area (Å²) >= 11 is 3.58. The minimum Gasteiger partial charge on any atom is -0.478 e. The van der Waals surface area contributed by atoms with Gasteiger partial charge >= 0.3 is 5.97 Å². The van der Waals surface area contributed by atoms with Crippen molar-refractivity contribution in [1.29, 1.82) is 0 Å². The Morgan fingerprint density at radius 3 is 2.45 bits per heavy atom. The quantitative estimate of drug-likeness (QED) is 0.570. The van der Waals surface area contributed by atoms with Crippen LogP contribution in [0.5, 0.6) is 0 Å². The third kappa shape index (κ3) is 2.51. The maximum atomic E-state index is 11.9. The molecule has 0 bridgehead atoms. The van der Waals surface area contributed by atoms with Crippen LogP contribution in [0, 0.1) is 11.8 Å². The molecule has 4 heteroatoms. The van der Waals surface area contributed by atoms with Crippen LogP contribution in [0.1, 0.15) is 57.8 Å². The van der Waals surface area contributed by atoms with Crippen molar-refractivity contribution in [3.63, 3.8) is 0 Å². The van der Waals surface area contributed by atoms with E-state index in [1.165, 1.54) is 22.4 Å². The fourth-order valence-corrected chi connectivity index (χ4v) is 6.40. The summed E-state index contributed by atoms with van der Waals surface area (Å²) in [6.45, 7) is 1.04. The lowest BCUT2D eigenvalue weighted by Gasteiger charge is -2.51. The van der Waals surface area contributed by atoms with Crippen molar-refractivity contribution in [3.05, 3.63) is 87.4 Å². The van der Waals surface area contributed by atoms with Crippen molar-refractivity contribution in [3.8, 4) is 0 Å². The summed E-state index contributed by atoms with van der Waals surface area (Å²) < 4.78 is 1.10. The molecule has 2 aromatic rings. The Morgan fingerprint density at radius 2 is 1.69 bits per heavy atom. The summed E-state index contributed by atoms with van der Waals surface area (Å²) in [6, 6.07) is 13.0. The van der Waals surface area contributed by atoms with E-state index in [9.17, 15) is 9.90 Å². The fourth-order valence-electron chi connectivity index (χ4n) is 6.14. The van der Waals surface area contributed by atoms with E-state index in [-0.39, 0.29) is 5.92 Å². The Balaban J connectivity index is 1.59. The molecule has 2 aliphatic carbocycles. The number of benzene rings is 2. The highest BCUT2D eigenvalue weighted by molar-refractivity contribution is 9.10. The zero-order valence-electron chi connectivity index (χ0n) is 16.0. The summed E-state index contributed by atoms with van der Waals surface area (Å²) in [5.74, 6) is 0.782. The van der Waals surface area contributed by atoms with Gasteiger partial charge in [-0.3, -0.25) is 0 Å². The maximum absolute atomic E-state index is 11.9. The molecule has 0 fully saturated rings. The molecule has 0 amide bonds. The summed E-state index contributed by atoms with van der Waals surface area (Å²) in [5.41, 5.74) is 5.51. The van der Waals surface area contributed by atoms with E-state index in [4.69, 9.17) is 0 Å². The molecule has 2 aromatic carbocycles. The Bertz CT molecular complexity index is 1050. The molecule has 5 atom stereocenters. The number of rotatable bonds is 2. The summed E-state index contributed by atoms with van der Waals surface area (Å²) in [6.07, 6.45) is 11.3. The molecule has 2 heterocycles. The number of carbonyl (C=O) groups is 1. The smallest absolute Gasteiger partial charge is 0.335 e. The predicted molar refractivity (Wildman–Crippen MR) is 118 cm³/mol. The molecule has 0 aromatic heterocycles. The molecule has 0 radical (unpaired) electrons. The number of carboxylic acid groups (broad SMARTS) is 1. The highest BCUT2D eigenvalue weighted by Crippen LogP contribution is 2.58. The molecule has 0 unspecified atom stereocenters. The van der Waals surface area contributed by atoms with Crippen molar-refractivity contribution in [2.24, 2.45) is 11.8 Å². The number of anilines is 1. The summed E-state index contributed by atoms with van der Waals surface area (Å²) in [7, 11) is 0. The standard InChI is InChI=1S/C25H22BrNO2/c26-17-9-7-14(8-10-17)23-20-6-2-5-19(20)22-12-16(25(28)29)11-21-18-4-1-3-15(18)13-27(23)24(21)22/h1-2,4-5,7-12,15,18-20,23H,3,6,13H2,(H,28,29)/t15-,18+,19+,20+,23+/m1/s1. The lowest BCUT2D eigenvalue weighted by molar-refractivity contribution is 0.0696. The number of carboxylic acids is 1. The van der Waals surface area contributed by atoms with Crippen molar-refractivity contribution < 1.29 is 9.90 Å². The van der Waals surface area contributed by atoms with Gasteiger partial charge < -0.3 is 10.0 Å². The number of fused-ring (bicyclic) bond motifs is 4. The minimum absolute atomic E-state index is 0.287. The summed E-state index contributed by atoms with van der Waals surface area (Å²) in [5, 5.41) is 9.77. The van der Waals surface area contributed by atoms with Crippen molar-refractivity contribution in [2.45, 2.75) is 30.7 Å². The number of allylic oxidation sites excluding steroid dienone is 4. The monoisotopic (exact) mass is 447 g/mol. The summed E-state index contributed by atoms with van der Waals surface area (Å²) in [4.78, 5) is 14.5. The normalized spacial score (nSPS) is 30.8. The largest absolute Gasteiger partial charge is 0.478 e. The molecule has 0 saturated heterocycles. The molecule has 6 rings (SSSR count). The first-order valence-corrected chi connectivity index (χ1v) is 11.2.